The maximum absolute atomic E-state index is 13.2. The lowest BCUT2D eigenvalue weighted by Gasteiger charge is -2.08. The number of benzene rings is 2. The molecule has 0 spiro atoms. The van der Waals surface area contributed by atoms with Crippen LogP contribution in [-0.4, -0.2) is 32.9 Å². The van der Waals surface area contributed by atoms with Crippen molar-refractivity contribution < 1.29 is 18.7 Å². The molecule has 0 aliphatic rings. The fourth-order valence-electron chi connectivity index (χ4n) is 2.93. The molecule has 1 N–H and O–H groups in total. The van der Waals surface area contributed by atoms with Gasteiger partial charge in [0.1, 0.15) is 28.3 Å². The van der Waals surface area contributed by atoms with E-state index in [4.69, 9.17) is 0 Å². The summed E-state index contributed by atoms with van der Waals surface area (Å²) >= 11 is 0.976. The molecule has 0 unspecified atom stereocenters. The first-order valence-electron chi connectivity index (χ1n) is 9.05. The number of nitrogens with zero attached hydrogens (tertiary/aromatic N) is 3. The van der Waals surface area contributed by atoms with Crippen LogP contribution in [0.15, 0.2) is 59.7 Å². The molecule has 4 rings (SSSR count). The Morgan fingerprint density at radius 3 is 2.52 bits per heavy atom. The van der Waals surface area contributed by atoms with E-state index in [2.05, 4.69) is 19.4 Å². The van der Waals surface area contributed by atoms with E-state index < -0.39 is 17.4 Å². The maximum Gasteiger partial charge on any atom is 0.337 e. The van der Waals surface area contributed by atoms with Crippen molar-refractivity contribution >= 4 is 39.3 Å². The lowest BCUT2D eigenvalue weighted by atomic mass is 10.1. The quantitative estimate of drug-likeness (QED) is 0.481. The summed E-state index contributed by atoms with van der Waals surface area (Å²) in [6, 6.07) is 11.9. The Morgan fingerprint density at radius 1 is 1.13 bits per heavy atom. The van der Waals surface area contributed by atoms with Gasteiger partial charge in [0, 0.05) is 11.3 Å². The molecular weight excluding hydrogens is 423 g/mol. The molecule has 2 aromatic carbocycles. The number of esters is 1. The summed E-state index contributed by atoms with van der Waals surface area (Å²) < 4.78 is 23.6. The van der Waals surface area contributed by atoms with Crippen LogP contribution in [0.3, 0.4) is 0 Å². The summed E-state index contributed by atoms with van der Waals surface area (Å²) in [6.45, 7) is -0.246. The zero-order chi connectivity index (χ0) is 22.0. The van der Waals surface area contributed by atoms with Crippen molar-refractivity contribution in [1.29, 1.82) is 0 Å². The first kappa shape index (κ1) is 20.4. The molecule has 0 fully saturated rings. The average molecular weight is 438 g/mol. The first-order valence-corrected chi connectivity index (χ1v) is 9.82. The number of amides is 1. The molecule has 2 heterocycles. The summed E-state index contributed by atoms with van der Waals surface area (Å²) in [7, 11) is 1.28. The van der Waals surface area contributed by atoms with E-state index >= 15 is 0 Å². The second-order valence-electron chi connectivity index (χ2n) is 6.51. The highest BCUT2D eigenvalue weighted by molar-refractivity contribution is 7.13. The van der Waals surface area contributed by atoms with Crippen LogP contribution in [0, 0.1) is 5.82 Å². The number of ether oxygens (including phenoxy) is 1. The number of fused-ring (bicyclic) bond motifs is 1. The van der Waals surface area contributed by atoms with E-state index in [0.717, 1.165) is 11.5 Å². The highest BCUT2D eigenvalue weighted by atomic mass is 32.1. The zero-order valence-corrected chi connectivity index (χ0v) is 17.0. The van der Waals surface area contributed by atoms with Crippen molar-refractivity contribution in [3.05, 3.63) is 76.6 Å². The molecular formula is C21H15FN4O4S. The van der Waals surface area contributed by atoms with Crippen LogP contribution in [0.5, 0.6) is 0 Å². The van der Waals surface area contributed by atoms with Crippen molar-refractivity contribution in [2.75, 3.05) is 12.4 Å². The van der Waals surface area contributed by atoms with Crippen LogP contribution >= 0.6 is 11.5 Å². The fourth-order valence-corrected chi connectivity index (χ4v) is 3.73. The summed E-state index contributed by atoms with van der Waals surface area (Å²) in [5, 5.41) is 2.66. The number of carbonyl (C=O) groups is 2. The van der Waals surface area contributed by atoms with E-state index in [0.29, 0.717) is 32.7 Å². The molecule has 8 nitrogen and oxygen atoms in total. The fraction of sp³-hybridized carbons (Fsp3) is 0.0952. The molecule has 4 aromatic rings. The summed E-state index contributed by atoms with van der Waals surface area (Å²) in [5.41, 5.74) is 1.96. The van der Waals surface area contributed by atoms with Gasteiger partial charge in [0.05, 0.1) is 19.0 Å². The molecule has 31 heavy (non-hydrogen) atoms. The molecule has 10 heteroatoms. The van der Waals surface area contributed by atoms with Gasteiger partial charge in [-0.15, -0.1) is 0 Å². The topological polar surface area (TPSA) is 103 Å². The Kier molecular flexibility index (Phi) is 5.54. The zero-order valence-electron chi connectivity index (χ0n) is 16.2. The van der Waals surface area contributed by atoms with Crippen molar-refractivity contribution in [2.45, 2.75) is 6.54 Å². The van der Waals surface area contributed by atoms with Gasteiger partial charge in [-0.3, -0.25) is 14.2 Å². The third kappa shape index (κ3) is 4.19. The van der Waals surface area contributed by atoms with Gasteiger partial charge in [-0.2, -0.15) is 4.37 Å². The molecule has 0 bridgehead atoms. The van der Waals surface area contributed by atoms with Crippen LogP contribution in [0.2, 0.25) is 0 Å². The van der Waals surface area contributed by atoms with Crippen molar-refractivity contribution in [3.8, 4) is 11.3 Å². The van der Waals surface area contributed by atoms with Gasteiger partial charge in [0.15, 0.2) is 0 Å². The van der Waals surface area contributed by atoms with Crippen molar-refractivity contribution in [3.63, 3.8) is 0 Å². The second-order valence-corrected chi connectivity index (χ2v) is 7.28. The van der Waals surface area contributed by atoms with E-state index in [-0.39, 0.29) is 12.4 Å². The molecule has 156 valence electrons. The number of nitrogens with one attached hydrogen (secondary N) is 1. The standard InChI is InChI=1S/C21H15FN4O4S/c1-30-21(29)13-4-8-15(9-5-13)24-16(27)10-26-11-23-18-17(25-31-19(18)20(26)28)12-2-6-14(22)7-3-12/h2-9,11H,10H2,1H3,(H,24,27). The van der Waals surface area contributed by atoms with Gasteiger partial charge in [0.25, 0.3) is 5.56 Å². The minimum Gasteiger partial charge on any atom is -0.465 e. The molecule has 0 radical (unpaired) electrons. The van der Waals surface area contributed by atoms with Crippen molar-refractivity contribution in [2.24, 2.45) is 0 Å². The Labute approximate surface area is 179 Å². The Morgan fingerprint density at radius 2 is 1.84 bits per heavy atom. The number of aromatic nitrogens is 3. The normalized spacial score (nSPS) is 10.8. The van der Waals surface area contributed by atoms with Gasteiger partial charge in [0.2, 0.25) is 5.91 Å². The number of halogens is 1. The number of carbonyl (C=O) groups excluding carboxylic acids is 2. The van der Waals surface area contributed by atoms with E-state index in [1.165, 1.54) is 42.3 Å². The Bertz CT molecular complexity index is 1330. The lowest BCUT2D eigenvalue weighted by Crippen LogP contribution is -2.27. The molecule has 0 saturated heterocycles. The Hall–Kier alpha value is -3.92. The third-order valence-corrected chi connectivity index (χ3v) is 5.29. The molecule has 0 saturated carbocycles. The first-order chi connectivity index (χ1) is 15.0. The summed E-state index contributed by atoms with van der Waals surface area (Å²) in [6.07, 6.45) is 1.28. The molecule has 2 aromatic heterocycles. The van der Waals surface area contributed by atoms with E-state index in [1.54, 1.807) is 24.3 Å². The van der Waals surface area contributed by atoms with Crippen molar-refractivity contribution in [1.82, 2.24) is 13.9 Å². The number of hydrogen-bond donors (Lipinski definition) is 1. The lowest BCUT2D eigenvalue weighted by molar-refractivity contribution is -0.116. The highest BCUT2D eigenvalue weighted by Crippen LogP contribution is 2.27. The summed E-state index contributed by atoms with van der Waals surface area (Å²) in [4.78, 5) is 40.9. The predicted molar refractivity (Wildman–Crippen MR) is 113 cm³/mol. The maximum atomic E-state index is 13.2. The number of hydrogen-bond acceptors (Lipinski definition) is 7. The third-order valence-electron chi connectivity index (χ3n) is 4.47. The van der Waals surface area contributed by atoms with E-state index in [1.807, 2.05) is 0 Å². The number of methoxy groups -OCH3 is 1. The molecule has 0 aliphatic heterocycles. The van der Waals surface area contributed by atoms with Gasteiger partial charge < -0.3 is 10.1 Å². The van der Waals surface area contributed by atoms with Crippen LogP contribution in [0.1, 0.15) is 10.4 Å². The van der Waals surface area contributed by atoms with Crippen LogP contribution in [-0.2, 0) is 16.1 Å². The SMILES string of the molecule is COC(=O)c1ccc(NC(=O)Cn2cnc3c(-c4ccc(F)cc4)nsc3c2=O)cc1. The molecule has 0 atom stereocenters. The molecule has 0 aliphatic carbocycles. The van der Waals surface area contributed by atoms with Crippen LogP contribution < -0.4 is 10.9 Å². The van der Waals surface area contributed by atoms with Gasteiger partial charge in [-0.05, 0) is 60.1 Å². The minimum atomic E-state index is -0.478. The Balaban J connectivity index is 1.53. The van der Waals surface area contributed by atoms with Crippen LogP contribution in [0.4, 0.5) is 10.1 Å². The van der Waals surface area contributed by atoms with Gasteiger partial charge in [-0.25, -0.2) is 14.2 Å². The smallest absolute Gasteiger partial charge is 0.337 e. The molecule has 1 amide bonds. The highest BCUT2D eigenvalue weighted by Gasteiger charge is 2.16. The largest absolute Gasteiger partial charge is 0.465 e. The number of rotatable bonds is 5. The monoisotopic (exact) mass is 438 g/mol. The van der Waals surface area contributed by atoms with Gasteiger partial charge in [-0.1, -0.05) is 0 Å². The van der Waals surface area contributed by atoms with Gasteiger partial charge >= 0.3 is 5.97 Å². The second kappa shape index (κ2) is 8.44. The summed E-state index contributed by atoms with van der Waals surface area (Å²) in [5.74, 6) is -1.28. The van der Waals surface area contributed by atoms with E-state index in [9.17, 15) is 18.8 Å². The average Bonchev–Trinajstić information content (AvgIpc) is 3.21. The predicted octanol–water partition coefficient (Wildman–Crippen LogP) is 3.08. The van der Waals surface area contributed by atoms with Crippen LogP contribution in [0.25, 0.3) is 21.5 Å². The number of anilines is 1. The minimum absolute atomic E-state index is 0.246.